The van der Waals surface area contributed by atoms with Gasteiger partial charge in [0.15, 0.2) is 0 Å². The number of allylic oxidation sites excluding steroid dienone is 3. The maximum absolute atomic E-state index is 4.19. The third kappa shape index (κ3) is 3.35. The molecule has 1 aliphatic rings. The second-order valence-corrected chi connectivity index (χ2v) is 4.52. The first-order valence-electron chi connectivity index (χ1n) is 6.35. The summed E-state index contributed by atoms with van der Waals surface area (Å²) in [5.41, 5.74) is 11.6. The largest absolute Gasteiger partial charge is 0.309 e. The average Bonchev–Trinajstić information content (AvgIpc) is 2.35. The van der Waals surface area contributed by atoms with Crippen molar-refractivity contribution >= 4 is 6.08 Å². The van der Waals surface area contributed by atoms with Crippen LogP contribution in [0.5, 0.6) is 0 Å². The molecule has 0 bridgehead atoms. The van der Waals surface area contributed by atoms with E-state index in [2.05, 4.69) is 47.2 Å². The van der Waals surface area contributed by atoms with Gasteiger partial charge in [-0.25, -0.2) is 0 Å². The average molecular weight is 253 g/mol. The first kappa shape index (κ1) is 13.1. The second kappa shape index (κ2) is 6.05. The lowest BCUT2D eigenvalue weighted by molar-refractivity contribution is 0.702. The van der Waals surface area contributed by atoms with Gasteiger partial charge in [-0.15, -0.1) is 0 Å². The zero-order valence-electron chi connectivity index (χ0n) is 11.2. The first-order valence-corrected chi connectivity index (χ1v) is 6.35. The molecule has 98 valence electrons. The highest BCUT2D eigenvalue weighted by molar-refractivity contribution is 5.57. The van der Waals surface area contributed by atoms with Gasteiger partial charge < -0.3 is 10.9 Å². The molecule has 2 N–H and O–H groups in total. The summed E-state index contributed by atoms with van der Waals surface area (Å²) in [5, 5.41) is 0. The Morgan fingerprint density at radius 3 is 2.84 bits per heavy atom. The predicted molar refractivity (Wildman–Crippen MR) is 79.9 cm³/mol. The second-order valence-electron chi connectivity index (χ2n) is 4.52. The molecule has 1 heterocycles. The quantitative estimate of drug-likeness (QED) is 0.764. The molecule has 0 atom stereocenters. The fourth-order valence-corrected chi connectivity index (χ4v) is 2.00. The van der Waals surface area contributed by atoms with Crippen molar-refractivity contribution < 1.29 is 0 Å². The molecule has 2 rings (SSSR count). The van der Waals surface area contributed by atoms with Crippen molar-refractivity contribution in [3.63, 3.8) is 0 Å². The molecule has 1 aliphatic carbocycles. The zero-order chi connectivity index (χ0) is 13.7. The van der Waals surface area contributed by atoms with Crippen LogP contribution in [0, 0.1) is 6.92 Å². The Bertz CT molecular complexity index is 553. The van der Waals surface area contributed by atoms with Gasteiger partial charge in [-0.05, 0) is 48.6 Å². The summed E-state index contributed by atoms with van der Waals surface area (Å²) in [7, 11) is 0. The first-order chi connectivity index (χ1) is 9.20. The number of pyridine rings is 1. The van der Waals surface area contributed by atoms with Gasteiger partial charge in [0, 0.05) is 18.1 Å². The molecule has 0 amide bonds. The van der Waals surface area contributed by atoms with Crippen LogP contribution >= 0.6 is 0 Å². The lowest BCUT2D eigenvalue weighted by Crippen LogP contribution is -2.27. The van der Waals surface area contributed by atoms with Crippen LogP contribution in [0.15, 0.2) is 60.6 Å². The number of hydrogen-bond donors (Lipinski definition) is 2. The summed E-state index contributed by atoms with van der Waals surface area (Å²) < 4.78 is 0. The Morgan fingerprint density at radius 1 is 1.37 bits per heavy atom. The number of aryl methyl sites for hydroxylation is 1. The van der Waals surface area contributed by atoms with E-state index in [1.807, 2.05) is 19.2 Å². The molecule has 1 aromatic heterocycles. The van der Waals surface area contributed by atoms with Crippen molar-refractivity contribution in [2.24, 2.45) is 0 Å². The van der Waals surface area contributed by atoms with E-state index < -0.39 is 0 Å². The minimum atomic E-state index is 0.914. The zero-order valence-corrected chi connectivity index (χ0v) is 11.2. The summed E-state index contributed by atoms with van der Waals surface area (Å²) in [6.07, 6.45) is 9.88. The number of nitrogens with one attached hydrogen (secondary N) is 2. The third-order valence-corrected chi connectivity index (χ3v) is 3.12. The molecule has 3 heteroatoms. The number of nitrogens with zero attached hydrogens (tertiary/aromatic N) is 1. The smallest absolute Gasteiger partial charge is 0.0502 e. The van der Waals surface area contributed by atoms with E-state index in [1.165, 1.54) is 16.7 Å². The summed E-state index contributed by atoms with van der Waals surface area (Å²) in [5.74, 6) is 0. The van der Waals surface area contributed by atoms with Crippen molar-refractivity contribution in [2.75, 3.05) is 0 Å². The van der Waals surface area contributed by atoms with Crippen molar-refractivity contribution in [2.45, 2.75) is 19.8 Å². The molecular formula is C16H19N3. The number of aromatic nitrogens is 1. The molecule has 0 spiro atoms. The van der Waals surface area contributed by atoms with Crippen LogP contribution in [0.4, 0.5) is 0 Å². The topological polar surface area (TPSA) is 37.0 Å². The molecule has 0 aromatic carbocycles. The normalized spacial score (nSPS) is 14.2. The number of hydrogen-bond acceptors (Lipinski definition) is 3. The van der Waals surface area contributed by atoms with E-state index in [0.29, 0.717) is 0 Å². The van der Waals surface area contributed by atoms with Crippen molar-refractivity contribution in [3.05, 3.63) is 71.9 Å². The molecule has 0 fully saturated rings. The van der Waals surface area contributed by atoms with Crippen LogP contribution in [0.2, 0.25) is 0 Å². The molecule has 3 nitrogen and oxygen atoms in total. The Labute approximate surface area is 114 Å². The van der Waals surface area contributed by atoms with Gasteiger partial charge in [-0.1, -0.05) is 25.3 Å². The summed E-state index contributed by atoms with van der Waals surface area (Å²) in [6.45, 7) is 9.60. The molecule has 0 aliphatic heterocycles. The van der Waals surface area contributed by atoms with Crippen LogP contribution in [0.3, 0.4) is 0 Å². The Balaban J connectivity index is 2.06. The molecule has 0 unspecified atom stereocenters. The van der Waals surface area contributed by atoms with Crippen molar-refractivity contribution in [1.29, 1.82) is 0 Å². The van der Waals surface area contributed by atoms with Crippen molar-refractivity contribution in [1.82, 2.24) is 15.8 Å². The fourth-order valence-electron chi connectivity index (χ4n) is 2.00. The van der Waals surface area contributed by atoms with Crippen LogP contribution in [-0.4, -0.2) is 4.98 Å². The van der Waals surface area contributed by atoms with Gasteiger partial charge in [0.25, 0.3) is 0 Å². The lowest BCUT2D eigenvalue weighted by atomic mass is 9.86. The van der Waals surface area contributed by atoms with Crippen LogP contribution in [-0.2, 0) is 0 Å². The molecular weight excluding hydrogens is 234 g/mol. The van der Waals surface area contributed by atoms with Crippen LogP contribution in [0.1, 0.15) is 24.1 Å². The highest BCUT2D eigenvalue weighted by Gasteiger charge is 2.17. The minimum Gasteiger partial charge on any atom is -0.309 e. The summed E-state index contributed by atoms with van der Waals surface area (Å²) >= 11 is 0. The van der Waals surface area contributed by atoms with E-state index in [1.54, 1.807) is 6.20 Å². The van der Waals surface area contributed by atoms with Gasteiger partial charge in [0.05, 0.1) is 5.70 Å². The van der Waals surface area contributed by atoms with Gasteiger partial charge >= 0.3 is 0 Å². The minimum absolute atomic E-state index is 0.914. The Hall–Kier alpha value is -2.29. The third-order valence-electron chi connectivity index (χ3n) is 3.12. The maximum atomic E-state index is 4.19. The molecule has 0 radical (unpaired) electrons. The molecule has 1 aromatic rings. The van der Waals surface area contributed by atoms with E-state index in [-0.39, 0.29) is 0 Å². The lowest BCUT2D eigenvalue weighted by Gasteiger charge is -2.24. The summed E-state index contributed by atoms with van der Waals surface area (Å²) in [6, 6.07) is 4.08. The van der Waals surface area contributed by atoms with E-state index in [0.717, 1.165) is 24.2 Å². The number of rotatable bonds is 6. The highest BCUT2D eigenvalue weighted by atomic mass is 15.3. The molecule has 19 heavy (non-hydrogen) atoms. The van der Waals surface area contributed by atoms with Crippen LogP contribution in [0.25, 0.3) is 6.08 Å². The van der Waals surface area contributed by atoms with E-state index in [4.69, 9.17) is 0 Å². The van der Waals surface area contributed by atoms with Crippen molar-refractivity contribution in [3.8, 4) is 0 Å². The van der Waals surface area contributed by atoms with Crippen LogP contribution < -0.4 is 10.9 Å². The fraction of sp³-hybridized carbons (Fsp3) is 0.188. The van der Waals surface area contributed by atoms with Gasteiger partial charge in [0.2, 0.25) is 0 Å². The Kier molecular flexibility index (Phi) is 4.18. The maximum Gasteiger partial charge on any atom is 0.0502 e. The highest BCUT2D eigenvalue weighted by Crippen LogP contribution is 2.32. The SMILES string of the molecule is C=CNNC(=C)C1=C(C=Cc2ccnc(C)c2)CC1. The van der Waals surface area contributed by atoms with E-state index >= 15 is 0 Å². The standard InChI is InChI=1S/C16H19N3/c1-4-18-19-13(3)16-8-7-15(16)6-5-14-9-10-17-12(2)11-14/h4-6,9-11,18-19H,1,3,7-8H2,2H3. The Morgan fingerprint density at radius 2 is 2.21 bits per heavy atom. The van der Waals surface area contributed by atoms with Gasteiger partial charge in [0.1, 0.15) is 0 Å². The predicted octanol–water partition coefficient (Wildman–Crippen LogP) is 3.25. The van der Waals surface area contributed by atoms with Gasteiger partial charge in [-0.2, -0.15) is 0 Å². The summed E-state index contributed by atoms with van der Waals surface area (Å²) in [4.78, 5) is 4.19. The van der Waals surface area contributed by atoms with E-state index in [9.17, 15) is 0 Å². The molecule has 0 saturated carbocycles. The number of hydrazine groups is 1. The monoisotopic (exact) mass is 253 g/mol. The van der Waals surface area contributed by atoms with Gasteiger partial charge in [-0.3, -0.25) is 4.98 Å². The molecule has 0 saturated heterocycles.